The van der Waals surface area contributed by atoms with Crippen LogP contribution in [0.3, 0.4) is 0 Å². The van der Waals surface area contributed by atoms with Gasteiger partial charge in [0.2, 0.25) is 0 Å². The van der Waals surface area contributed by atoms with Crippen molar-refractivity contribution in [3.63, 3.8) is 0 Å². The molecular formula is C61H51N3O. The highest BCUT2D eigenvalue weighted by Crippen LogP contribution is 2.44. The molecule has 10 rings (SSSR count). The Balaban J connectivity index is 1.20. The number of hydrogen-bond donors (Lipinski definition) is 1. The molecule has 0 amide bonds. The fraction of sp³-hybridized carbons (Fsp3) is 0.115. The number of hydrogen-bond acceptors (Lipinski definition) is 3. The van der Waals surface area contributed by atoms with Crippen LogP contribution in [0.1, 0.15) is 53.0 Å². The summed E-state index contributed by atoms with van der Waals surface area (Å²) in [5, 5.41) is 11.6. The number of nitrogens with zero attached hydrogens (tertiary/aromatic N) is 3. The predicted octanol–water partition coefficient (Wildman–Crippen LogP) is 16.2. The zero-order valence-corrected chi connectivity index (χ0v) is 37.4. The van der Waals surface area contributed by atoms with Gasteiger partial charge in [-0.3, -0.25) is 9.55 Å². The molecule has 0 saturated carbocycles. The average Bonchev–Trinajstić information content (AvgIpc) is 3.73. The Labute approximate surface area is 383 Å². The number of fused-ring (bicyclic) bond motifs is 1. The minimum Gasteiger partial charge on any atom is -0.507 e. The molecule has 8 aromatic carbocycles. The molecule has 2 heterocycles. The van der Waals surface area contributed by atoms with Crippen molar-refractivity contribution in [3.8, 4) is 89.7 Å². The maximum atomic E-state index is 11.6. The highest BCUT2D eigenvalue weighted by molar-refractivity contribution is 5.98. The number of aromatic nitrogens is 3. The van der Waals surface area contributed by atoms with Crippen LogP contribution in [0, 0.1) is 0 Å². The van der Waals surface area contributed by atoms with Gasteiger partial charge in [-0.2, -0.15) is 0 Å². The number of para-hydroxylation sites is 2. The smallest absolute Gasteiger partial charge is 0.149 e. The SMILES string of the molecule is [2H]C(C)(C)c1cc(-c2ccccc2)c(-n2c(-c3ccccc3O)nc3c(-c4cc(-c5cc(-c6ccc(-c7ccccc7)cc6)ccn5)cc(C(C)(C)C)c4)cccc32)cc1-c1ccccc1. The molecule has 0 aliphatic rings. The minimum absolute atomic E-state index is 0.140. The first-order valence-electron chi connectivity index (χ1n) is 22.8. The first kappa shape index (κ1) is 40.0. The first-order valence-corrected chi connectivity index (χ1v) is 22.3. The van der Waals surface area contributed by atoms with E-state index in [2.05, 4.69) is 171 Å². The Morgan fingerprint density at radius 1 is 0.492 bits per heavy atom. The van der Waals surface area contributed by atoms with Crippen molar-refractivity contribution >= 4 is 11.0 Å². The van der Waals surface area contributed by atoms with Gasteiger partial charge in [-0.15, -0.1) is 0 Å². The van der Waals surface area contributed by atoms with E-state index in [0.717, 1.165) is 78.0 Å². The van der Waals surface area contributed by atoms with Gasteiger partial charge in [-0.25, -0.2) is 4.98 Å². The van der Waals surface area contributed by atoms with Crippen molar-refractivity contribution in [1.82, 2.24) is 14.5 Å². The van der Waals surface area contributed by atoms with Gasteiger partial charge in [0.05, 0.1) is 28.0 Å². The number of phenols is 1. The van der Waals surface area contributed by atoms with Crippen LogP contribution in [0.5, 0.6) is 5.75 Å². The van der Waals surface area contributed by atoms with E-state index >= 15 is 0 Å². The maximum absolute atomic E-state index is 11.6. The van der Waals surface area contributed by atoms with Gasteiger partial charge in [0.25, 0.3) is 0 Å². The zero-order chi connectivity index (χ0) is 45.6. The van der Waals surface area contributed by atoms with Gasteiger partial charge in [0, 0.05) is 24.3 Å². The third-order valence-corrected chi connectivity index (χ3v) is 12.4. The van der Waals surface area contributed by atoms with Crippen molar-refractivity contribution in [2.45, 2.75) is 45.9 Å². The average molecular weight is 843 g/mol. The Hall–Kier alpha value is -7.82. The normalized spacial score (nSPS) is 12.0. The standard InChI is InChI=1S/C61H51N3O/c1-40(2)52-38-54(45-22-13-8-14-23-45)57(39-53(52)44-20-11-7-12-21-44)64-56-26-17-25-50(59(56)63-60(64)51-24-15-16-27-58(51)65)47-34-48(36-49(35-47)61(3,4)5)55-37-46(32-33-62-55)43-30-28-42(29-31-43)41-18-9-6-10-19-41/h6-40,65H,1-5H3/i40D. The lowest BCUT2D eigenvalue weighted by molar-refractivity contribution is 0.477. The van der Waals surface area contributed by atoms with Gasteiger partial charge >= 0.3 is 0 Å². The van der Waals surface area contributed by atoms with E-state index in [1.807, 2.05) is 68.6 Å². The van der Waals surface area contributed by atoms with Crippen molar-refractivity contribution in [1.29, 1.82) is 0 Å². The molecule has 0 atom stereocenters. The lowest BCUT2D eigenvalue weighted by Gasteiger charge is -2.22. The fourth-order valence-corrected chi connectivity index (χ4v) is 8.93. The molecule has 316 valence electrons. The molecule has 0 unspecified atom stereocenters. The summed E-state index contributed by atoms with van der Waals surface area (Å²) in [4.78, 5) is 10.5. The number of rotatable bonds is 9. The molecule has 65 heavy (non-hydrogen) atoms. The number of benzene rings is 8. The molecule has 0 aliphatic carbocycles. The van der Waals surface area contributed by atoms with Gasteiger partial charge in [0.15, 0.2) is 0 Å². The van der Waals surface area contributed by atoms with E-state index in [0.29, 0.717) is 11.4 Å². The third-order valence-electron chi connectivity index (χ3n) is 12.4. The topological polar surface area (TPSA) is 50.9 Å². The van der Waals surface area contributed by atoms with E-state index < -0.39 is 5.89 Å². The Morgan fingerprint density at radius 3 is 1.71 bits per heavy atom. The number of pyridine rings is 1. The molecule has 1 N–H and O–H groups in total. The fourth-order valence-electron chi connectivity index (χ4n) is 8.93. The molecule has 0 aliphatic heterocycles. The molecule has 10 aromatic rings. The number of phenolic OH excluding ortho intramolecular Hbond substituents is 1. The van der Waals surface area contributed by atoms with Crippen molar-refractivity contribution < 1.29 is 6.48 Å². The molecule has 0 spiro atoms. The van der Waals surface area contributed by atoms with Crippen LogP contribution in [0.4, 0.5) is 0 Å². The molecule has 0 bridgehead atoms. The summed E-state index contributed by atoms with van der Waals surface area (Å²) in [5.41, 5.74) is 17.6. The minimum atomic E-state index is -0.908. The summed E-state index contributed by atoms with van der Waals surface area (Å²) < 4.78 is 11.6. The van der Waals surface area contributed by atoms with Crippen molar-refractivity contribution in [2.24, 2.45) is 0 Å². The molecule has 4 nitrogen and oxygen atoms in total. The summed E-state index contributed by atoms with van der Waals surface area (Å²) in [6.45, 7) is 10.6. The summed E-state index contributed by atoms with van der Waals surface area (Å²) >= 11 is 0. The molecule has 2 aromatic heterocycles. The van der Waals surface area contributed by atoms with E-state index in [-0.39, 0.29) is 11.2 Å². The second-order valence-corrected chi connectivity index (χ2v) is 18.0. The summed E-state index contributed by atoms with van der Waals surface area (Å²) in [6.07, 6.45) is 1.90. The van der Waals surface area contributed by atoms with Crippen LogP contribution < -0.4 is 0 Å². The monoisotopic (exact) mass is 842 g/mol. The second kappa shape index (κ2) is 17.0. The van der Waals surface area contributed by atoms with Crippen LogP contribution in [0.2, 0.25) is 0 Å². The van der Waals surface area contributed by atoms with Crippen LogP contribution in [-0.4, -0.2) is 19.6 Å². The summed E-state index contributed by atoms with van der Waals surface area (Å²) in [5.74, 6) is -0.152. The largest absolute Gasteiger partial charge is 0.507 e. The Morgan fingerprint density at radius 2 is 1.06 bits per heavy atom. The predicted molar refractivity (Wildman–Crippen MR) is 271 cm³/mol. The van der Waals surface area contributed by atoms with Gasteiger partial charge in [-0.1, -0.05) is 180 Å². The zero-order valence-electron chi connectivity index (χ0n) is 38.4. The lowest BCUT2D eigenvalue weighted by Crippen LogP contribution is -2.11. The van der Waals surface area contributed by atoms with E-state index in [9.17, 15) is 6.48 Å². The second-order valence-electron chi connectivity index (χ2n) is 18.0. The van der Waals surface area contributed by atoms with E-state index in [4.69, 9.17) is 9.97 Å². The van der Waals surface area contributed by atoms with Crippen molar-refractivity contribution in [3.05, 3.63) is 218 Å². The first-order chi connectivity index (χ1) is 31.9. The third kappa shape index (κ3) is 8.04. The van der Waals surface area contributed by atoms with Gasteiger partial charge in [0.1, 0.15) is 11.6 Å². The van der Waals surface area contributed by atoms with Crippen LogP contribution in [0.15, 0.2) is 206 Å². The Bertz CT molecular complexity index is 3360. The van der Waals surface area contributed by atoms with E-state index in [1.54, 1.807) is 6.07 Å². The molecule has 0 radical (unpaired) electrons. The Kier molecular flexibility index (Phi) is 10.5. The molecule has 0 fully saturated rings. The highest BCUT2D eigenvalue weighted by atomic mass is 16.3. The highest BCUT2D eigenvalue weighted by Gasteiger charge is 2.25. The molecule has 0 saturated heterocycles. The summed E-state index contributed by atoms with van der Waals surface area (Å²) in [7, 11) is 0. The maximum Gasteiger partial charge on any atom is 0.149 e. The van der Waals surface area contributed by atoms with Crippen LogP contribution >= 0.6 is 0 Å². The quantitative estimate of drug-likeness (QED) is 0.157. The van der Waals surface area contributed by atoms with Gasteiger partial charge in [-0.05, 0) is 122 Å². The van der Waals surface area contributed by atoms with Gasteiger partial charge < -0.3 is 5.11 Å². The summed E-state index contributed by atoms with van der Waals surface area (Å²) in [6, 6.07) is 69.2. The number of imidazole rings is 1. The number of aromatic hydroxyl groups is 1. The van der Waals surface area contributed by atoms with E-state index in [1.165, 1.54) is 16.7 Å². The van der Waals surface area contributed by atoms with Crippen LogP contribution in [-0.2, 0) is 5.41 Å². The molecular weight excluding hydrogens is 791 g/mol. The van der Waals surface area contributed by atoms with Crippen LogP contribution in [0.25, 0.3) is 95.0 Å². The molecule has 4 heteroatoms. The lowest BCUT2D eigenvalue weighted by atomic mass is 9.83. The van der Waals surface area contributed by atoms with Crippen molar-refractivity contribution in [2.75, 3.05) is 0 Å².